The molecule has 0 bridgehead atoms. The number of rotatable bonds is 2. The van der Waals surface area contributed by atoms with Crippen LogP contribution in [0, 0.1) is 5.92 Å². The van der Waals surface area contributed by atoms with E-state index in [-0.39, 0.29) is 12.4 Å². The summed E-state index contributed by atoms with van der Waals surface area (Å²) < 4.78 is 2.63. The summed E-state index contributed by atoms with van der Waals surface area (Å²) >= 11 is 2.03. The maximum Gasteiger partial charge on any atom is 0.0624 e. The van der Waals surface area contributed by atoms with Crippen molar-refractivity contribution in [2.45, 2.75) is 37.2 Å². The lowest BCUT2D eigenvalue weighted by Crippen LogP contribution is -2.32. The van der Waals surface area contributed by atoms with Gasteiger partial charge < -0.3 is 4.57 Å². The van der Waals surface area contributed by atoms with Gasteiger partial charge >= 0.3 is 0 Å². The molecule has 3 aliphatic rings. The van der Waals surface area contributed by atoms with Crippen molar-refractivity contribution in [1.29, 1.82) is 0 Å². The number of halogens is 1. The van der Waals surface area contributed by atoms with Crippen LogP contribution in [0.25, 0.3) is 10.9 Å². The fourth-order valence-corrected chi connectivity index (χ4v) is 4.98. The lowest BCUT2D eigenvalue weighted by atomic mass is 10.0. The molecule has 3 heterocycles. The third-order valence-corrected chi connectivity index (χ3v) is 6.13. The lowest BCUT2D eigenvalue weighted by molar-refractivity contribution is 0.242. The van der Waals surface area contributed by atoms with Crippen LogP contribution in [0.1, 0.15) is 24.1 Å². The van der Waals surface area contributed by atoms with E-state index in [1.807, 2.05) is 11.8 Å². The summed E-state index contributed by atoms with van der Waals surface area (Å²) in [4.78, 5) is 4.19. The standard InChI is InChI=1S/C17H20N2S.ClH/c1-2-13-14-11-18(10-12-4-5-12)7-6-15(14)19-8-9-20-16(3-1)17(13)19;/h1-3,12H,4-11H2;1H. The fraction of sp³-hybridized carbons (Fsp3) is 0.529. The van der Waals surface area contributed by atoms with Gasteiger partial charge in [-0.1, -0.05) is 12.1 Å². The van der Waals surface area contributed by atoms with E-state index in [0.717, 1.165) is 5.92 Å². The number of hydrogen-bond donors (Lipinski definition) is 0. The van der Waals surface area contributed by atoms with Crippen LogP contribution >= 0.6 is 24.2 Å². The normalized spacial score (nSPS) is 21.1. The van der Waals surface area contributed by atoms with Crippen molar-refractivity contribution in [2.75, 3.05) is 18.8 Å². The van der Waals surface area contributed by atoms with E-state index in [0.29, 0.717) is 0 Å². The van der Waals surface area contributed by atoms with Gasteiger partial charge in [0.25, 0.3) is 0 Å². The number of aromatic nitrogens is 1. The van der Waals surface area contributed by atoms with Gasteiger partial charge in [-0.15, -0.1) is 24.2 Å². The number of thioether (sulfide) groups is 1. The van der Waals surface area contributed by atoms with Crippen molar-refractivity contribution < 1.29 is 0 Å². The molecule has 21 heavy (non-hydrogen) atoms. The zero-order valence-corrected chi connectivity index (χ0v) is 13.8. The summed E-state index contributed by atoms with van der Waals surface area (Å²) in [5.41, 5.74) is 4.80. The monoisotopic (exact) mass is 320 g/mol. The van der Waals surface area contributed by atoms with Crippen LogP contribution in [0.5, 0.6) is 0 Å². The number of benzene rings is 1. The summed E-state index contributed by atoms with van der Waals surface area (Å²) in [6.45, 7) is 4.99. The van der Waals surface area contributed by atoms with Crippen LogP contribution in [-0.4, -0.2) is 28.3 Å². The Morgan fingerprint density at radius 3 is 2.95 bits per heavy atom. The quantitative estimate of drug-likeness (QED) is 0.828. The molecular weight excluding hydrogens is 300 g/mol. The van der Waals surface area contributed by atoms with E-state index in [1.165, 1.54) is 67.0 Å². The highest BCUT2D eigenvalue weighted by Crippen LogP contribution is 2.40. The Hall–Kier alpha value is -0.640. The van der Waals surface area contributed by atoms with Gasteiger partial charge in [-0.25, -0.2) is 0 Å². The minimum atomic E-state index is 0. The van der Waals surface area contributed by atoms with Crippen LogP contribution < -0.4 is 0 Å². The first-order chi connectivity index (χ1) is 9.90. The number of fused-ring (bicyclic) bond motifs is 3. The number of nitrogens with zero attached hydrogens (tertiary/aromatic N) is 2. The first kappa shape index (κ1) is 14.0. The van der Waals surface area contributed by atoms with Gasteiger partial charge in [-0.2, -0.15) is 0 Å². The number of para-hydroxylation sites is 1. The summed E-state index contributed by atoms with van der Waals surface area (Å²) in [7, 11) is 0. The second-order valence-corrected chi connectivity index (χ2v) is 7.64. The zero-order valence-electron chi connectivity index (χ0n) is 12.2. The molecular formula is C17H21ClN2S. The van der Waals surface area contributed by atoms with Gasteiger partial charge in [0.15, 0.2) is 0 Å². The molecule has 2 aliphatic heterocycles. The van der Waals surface area contributed by atoms with Crippen LogP contribution in [0.2, 0.25) is 0 Å². The molecule has 2 nitrogen and oxygen atoms in total. The van der Waals surface area contributed by atoms with Crippen molar-refractivity contribution in [1.82, 2.24) is 9.47 Å². The Labute approximate surface area is 136 Å². The summed E-state index contributed by atoms with van der Waals surface area (Å²) in [5, 5.41) is 1.53. The maximum atomic E-state index is 2.70. The Kier molecular flexibility index (Phi) is 3.48. The van der Waals surface area contributed by atoms with Crippen molar-refractivity contribution >= 4 is 35.1 Å². The second-order valence-electron chi connectivity index (χ2n) is 6.51. The van der Waals surface area contributed by atoms with E-state index in [1.54, 1.807) is 11.3 Å². The minimum absolute atomic E-state index is 0. The molecule has 1 aromatic carbocycles. The number of hydrogen-bond acceptors (Lipinski definition) is 2. The van der Waals surface area contributed by atoms with E-state index in [9.17, 15) is 0 Å². The lowest BCUT2D eigenvalue weighted by Gasteiger charge is -2.28. The molecule has 5 rings (SSSR count). The molecule has 0 saturated heterocycles. The number of aryl methyl sites for hydroxylation is 1. The Morgan fingerprint density at radius 1 is 1.19 bits per heavy atom. The molecule has 0 spiro atoms. The topological polar surface area (TPSA) is 8.17 Å². The van der Waals surface area contributed by atoms with Crippen LogP contribution in [-0.2, 0) is 19.5 Å². The summed E-state index contributed by atoms with van der Waals surface area (Å²) in [5.74, 6) is 2.24. The molecule has 0 unspecified atom stereocenters. The third-order valence-electron chi connectivity index (χ3n) is 5.10. The van der Waals surface area contributed by atoms with E-state index >= 15 is 0 Å². The molecule has 1 fully saturated rings. The Balaban J connectivity index is 0.00000115. The van der Waals surface area contributed by atoms with Crippen molar-refractivity contribution in [3.63, 3.8) is 0 Å². The average Bonchev–Trinajstić information content (AvgIpc) is 3.24. The molecule has 4 heteroatoms. The SMILES string of the molecule is Cl.c1cc2c3c(c1)c1c(n3CCS2)CCN(CC2CC2)C1. The van der Waals surface area contributed by atoms with Crippen LogP contribution in [0.3, 0.4) is 0 Å². The molecule has 0 amide bonds. The summed E-state index contributed by atoms with van der Waals surface area (Å²) in [6.07, 6.45) is 4.18. The second kappa shape index (κ2) is 5.22. The average molecular weight is 321 g/mol. The van der Waals surface area contributed by atoms with Crippen molar-refractivity contribution in [3.8, 4) is 0 Å². The highest BCUT2D eigenvalue weighted by Gasteiger charge is 2.30. The maximum absolute atomic E-state index is 2.70. The van der Waals surface area contributed by atoms with E-state index in [4.69, 9.17) is 0 Å². The molecule has 112 valence electrons. The van der Waals surface area contributed by atoms with Gasteiger partial charge in [0.05, 0.1) is 5.52 Å². The smallest absolute Gasteiger partial charge is 0.0624 e. The first-order valence-corrected chi connectivity index (χ1v) is 8.87. The summed E-state index contributed by atoms with van der Waals surface area (Å²) in [6, 6.07) is 6.90. The van der Waals surface area contributed by atoms with E-state index < -0.39 is 0 Å². The molecule has 1 aliphatic carbocycles. The third kappa shape index (κ3) is 2.21. The van der Waals surface area contributed by atoms with Gasteiger partial charge in [0.1, 0.15) is 0 Å². The van der Waals surface area contributed by atoms with Gasteiger partial charge in [-0.3, -0.25) is 4.90 Å². The molecule has 0 atom stereocenters. The van der Waals surface area contributed by atoms with Crippen molar-refractivity contribution in [3.05, 3.63) is 29.5 Å². The van der Waals surface area contributed by atoms with Crippen LogP contribution in [0.15, 0.2) is 23.1 Å². The highest BCUT2D eigenvalue weighted by atomic mass is 35.5. The van der Waals surface area contributed by atoms with Crippen molar-refractivity contribution in [2.24, 2.45) is 5.92 Å². The molecule has 1 aromatic heterocycles. The fourth-order valence-electron chi connectivity index (χ4n) is 3.96. The predicted octanol–water partition coefficient (Wildman–Crippen LogP) is 3.94. The molecule has 1 saturated carbocycles. The predicted molar refractivity (Wildman–Crippen MR) is 91.6 cm³/mol. The van der Waals surface area contributed by atoms with E-state index in [2.05, 4.69) is 27.7 Å². The van der Waals surface area contributed by atoms with Crippen LogP contribution in [0.4, 0.5) is 0 Å². The minimum Gasteiger partial charge on any atom is -0.342 e. The largest absolute Gasteiger partial charge is 0.342 e. The van der Waals surface area contributed by atoms with Gasteiger partial charge in [-0.05, 0) is 30.4 Å². The zero-order chi connectivity index (χ0) is 13.1. The molecule has 0 radical (unpaired) electrons. The van der Waals surface area contributed by atoms with Gasteiger partial charge in [0, 0.05) is 54.3 Å². The highest BCUT2D eigenvalue weighted by molar-refractivity contribution is 7.99. The molecule has 0 N–H and O–H groups in total. The first-order valence-electron chi connectivity index (χ1n) is 7.88. The van der Waals surface area contributed by atoms with Gasteiger partial charge in [0.2, 0.25) is 0 Å². The molecule has 2 aromatic rings. The Morgan fingerprint density at radius 2 is 2.10 bits per heavy atom. The Bertz CT molecular complexity index is 690.